The topological polar surface area (TPSA) is 12.0 Å². The average Bonchev–Trinajstić information content (AvgIpc) is 2.42. The minimum Gasteiger partial charge on any atom is -0.381 e. The van der Waals surface area contributed by atoms with Crippen LogP contribution in [0.3, 0.4) is 0 Å². The number of rotatable bonds is 5. The Kier molecular flexibility index (Phi) is 4.80. The van der Waals surface area contributed by atoms with Crippen LogP contribution in [0.1, 0.15) is 24.5 Å². The van der Waals surface area contributed by atoms with Gasteiger partial charge in [-0.2, -0.15) is 0 Å². The number of halogens is 2. The first-order valence-corrected chi connectivity index (χ1v) is 6.84. The lowest BCUT2D eigenvalue weighted by molar-refractivity contribution is 0.627. The number of benzene rings is 2. The molecule has 0 aromatic heterocycles. The van der Waals surface area contributed by atoms with Crippen molar-refractivity contribution < 1.29 is 4.39 Å². The van der Waals surface area contributed by atoms with Crippen molar-refractivity contribution in [3.05, 3.63) is 64.4 Å². The third-order valence-electron chi connectivity index (χ3n) is 3.00. The summed E-state index contributed by atoms with van der Waals surface area (Å²) in [4.78, 5) is 0. The van der Waals surface area contributed by atoms with Crippen LogP contribution in [-0.4, -0.2) is 0 Å². The maximum absolute atomic E-state index is 13.1. The molecular weight excluding hydrogens is 261 g/mol. The number of aryl methyl sites for hydroxylation is 1. The Morgan fingerprint density at radius 2 is 1.95 bits per heavy atom. The normalized spacial score (nSPS) is 10.5. The summed E-state index contributed by atoms with van der Waals surface area (Å²) in [6.07, 6.45) is 2.16. The van der Waals surface area contributed by atoms with Gasteiger partial charge >= 0.3 is 0 Å². The van der Waals surface area contributed by atoms with Gasteiger partial charge in [0.15, 0.2) is 0 Å². The molecule has 2 aromatic carbocycles. The maximum atomic E-state index is 13.1. The van der Waals surface area contributed by atoms with Gasteiger partial charge in [-0.1, -0.05) is 49.2 Å². The van der Waals surface area contributed by atoms with Crippen LogP contribution in [0.25, 0.3) is 0 Å². The Bertz CT molecular complexity index is 554. The number of hydrogen-bond donors (Lipinski definition) is 1. The third-order valence-corrected chi connectivity index (χ3v) is 3.29. The van der Waals surface area contributed by atoms with Crippen molar-refractivity contribution in [1.29, 1.82) is 0 Å². The summed E-state index contributed by atoms with van der Waals surface area (Å²) >= 11 is 5.77. The number of anilines is 1. The number of para-hydroxylation sites is 1. The van der Waals surface area contributed by atoms with Crippen molar-refractivity contribution >= 4 is 17.3 Å². The van der Waals surface area contributed by atoms with Gasteiger partial charge in [0.2, 0.25) is 0 Å². The molecule has 0 amide bonds. The Morgan fingerprint density at radius 3 is 2.68 bits per heavy atom. The molecule has 0 heterocycles. The molecule has 0 atom stereocenters. The highest BCUT2D eigenvalue weighted by Crippen LogP contribution is 2.20. The van der Waals surface area contributed by atoms with Gasteiger partial charge in [0, 0.05) is 12.2 Å². The number of hydrogen-bond acceptors (Lipinski definition) is 1. The van der Waals surface area contributed by atoms with Gasteiger partial charge in [0.05, 0.1) is 5.02 Å². The van der Waals surface area contributed by atoms with Crippen LogP contribution in [0.4, 0.5) is 10.1 Å². The van der Waals surface area contributed by atoms with E-state index >= 15 is 0 Å². The zero-order valence-corrected chi connectivity index (χ0v) is 11.7. The van der Waals surface area contributed by atoms with Crippen molar-refractivity contribution in [3.8, 4) is 0 Å². The Labute approximate surface area is 118 Å². The van der Waals surface area contributed by atoms with Gasteiger partial charge in [-0.25, -0.2) is 4.39 Å². The summed E-state index contributed by atoms with van der Waals surface area (Å²) in [5.41, 5.74) is 3.40. The van der Waals surface area contributed by atoms with Crippen LogP contribution in [-0.2, 0) is 13.0 Å². The largest absolute Gasteiger partial charge is 0.381 e. The van der Waals surface area contributed by atoms with Crippen LogP contribution in [0.2, 0.25) is 5.02 Å². The van der Waals surface area contributed by atoms with E-state index in [0.29, 0.717) is 6.54 Å². The molecule has 0 spiro atoms. The molecule has 0 unspecified atom stereocenters. The van der Waals surface area contributed by atoms with E-state index < -0.39 is 0 Å². The molecular formula is C16H17ClFN. The van der Waals surface area contributed by atoms with Gasteiger partial charge in [-0.05, 0) is 35.7 Å². The molecule has 0 bridgehead atoms. The molecule has 2 rings (SSSR count). The smallest absolute Gasteiger partial charge is 0.141 e. The second-order valence-electron chi connectivity index (χ2n) is 4.51. The molecule has 1 N–H and O–H groups in total. The predicted molar refractivity (Wildman–Crippen MR) is 79.2 cm³/mol. The molecule has 100 valence electrons. The quantitative estimate of drug-likeness (QED) is 0.807. The molecule has 0 fully saturated rings. The van der Waals surface area contributed by atoms with E-state index in [9.17, 15) is 4.39 Å². The summed E-state index contributed by atoms with van der Waals surface area (Å²) < 4.78 is 13.1. The lowest BCUT2D eigenvalue weighted by Gasteiger charge is -2.11. The second-order valence-corrected chi connectivity index (χ2v) is 4.92. The van der Waals surface area contributed by atoms with E-state index in [-0.39, 0.29) is 10.8 Å². The van der Waals surface area contributed by atoms with Crippen LogP contribution in [0, 0.1) is 5.82 Å². The Hall–Kier alpha value is -1.54. The minimum absolute atomic E-state index is 0.168. The van der Waals surface area contributed by atoms with E-state index in [1.165, 1.54) is 11.6 Å². The van der Waals surface area contributed by atoms with E-state index in [1.807, 2.05) is 12.1 Å². The first-order valence-electron chi connectivity index (χ1n) is 6.46. The molecule has 2 aromatic rings. The first-order chi connectivity index (χ1) is 9.20. The highest BCUT2D eigenvalue weighted by atomic mass is 35.5. The first kappa shape index (κ1) is 13.9. The monoisotopic (exact) mass is 277 g/mol. The molecule has 19 heavy (non-hydrogen) atoms. The fourth-order valence-electron chi connectivity index (χ4n) is 2.03. The molecule has 0 aliphatic heterocycles. The highest BCUT2D eigenvalue weighted by Gasteiger charge is 2.03. The average molecular weight is 278 g/mol. The van der Waals surface area contributed by atoms with Crippen LogP contribution >= 0.6 is 11.6 Å². The minimum atomic E-state index is -0.378. The van der Waals surface area contributed by atoms with Crippen LogP contribution in [0.15, 0.2) is 42.5 Å². The molecule has 0 radical (unpaired) electrons. The molecule has 0 saturated carbocycles. The van der Waals surface area contributed by atoms with Gasteiger partial charge in [0.1, 0.15) is 5.82 Å². The fraction of sp³-hybridized carbons (Fsp3) is 0.250. The molecule has 3 heteroatoms. The van der Waals surface area contributed by atoms with Crippen molar-refractivity contribution in [2.45, 2.75) is 26.3 Å². The van der Waals surface area contributed by atoms with E-state index in [0.717, 1.165) is 24.1 Å². The second kappa shape index (κ2) is 6.58. The zero-order valence-electron chi connectivity index (χ0n) is 10.9. The number of nitrogens with one attached hydrogen (secondary N) is 1. The van der Waals surface area contributed by atoms with Gasteiger partial charge in [-0.15, -0.1) is 0 Å². The SMILES string of the molecule is CCCc1ccccc1NCc1ccc(F)c(Cl)c1. The maximum Gasteiger partial charge on any atom is 0.141 e. The summed E-state index contributed by atoms with van der Waals surface area (Å²) in [5.74, 6) is -0.378. The summed E-state index contributed by atoms with van der Waals surface area (Å²) in [6, 6.07) is 13.1. The summed E-state index contributed by atoms with van der Waals surface area (Å²) in [7, 11) is 0. The molecule has 0 aliphatic carbocycles. The van der Waals surface area contributed by atoms with Crippen molar-refractivity contribution in [3.63, 3.8) is 0 Å². The predicted octanol–water partition coefficient (Wildman–Crippen LogP) is 5.04. The van der Waals surface area contributed by atoms with Gasteiger partial charge in [0.25, 0.3) is 0 Å². The van der Waals surface area contributed by atoms with Gasteiger partial charge in [-0.3, -0.25) is 0 Å². The third kappa shape index (κ3) is 3.71. The van der Waals surface area contributed by atoms with E-state index in [2.05, 4.69) is 24.4 Å². The molecule has 0 aliphatic rings. The van der Waals surface area contributed by atoms with E-state index in [4.69, 9.17) is 11.6 Å². The van der Waals surface area contributed by atoms with E-state index in [1.54, 1.807) is 12.1 Å². The Balaban J connectivity index is 2.07. The standard InChI is InChI=1S/C16H17ClFN/c1-2-5-13-6-3-4-7-16(13)19-11-12-8-9-15(18)14(17)10-12/h3-4,6-10,19H,2,5,11H2,1H3. The lowest BCUT2D eigenvalue weighted by Crippen LogP contribution is -2.02. The lowest BCUT2D eigenvalue weighted by atomic mass is 10.1. The zero-order chi connectivity index (χ0) is 13.7. The van der Waals surface area contributed by atoms with Crippen LogP contribution < -0.4 is 5.32 Å². The van der Waals surface area contributed by atoms with Crippen LogP contribution in [0.5, 0.6) is 0 Å². The van der Waals surface area contributed by atoms with Crippen molar-refractivity contribution in [1.82, 2.24) is 0 Å². The van der Waals surface area contributed by atoms with Crippen molar-refractivity contribution in [2.24, 2.45) is 0 Å². The molecule has 1 nitrogen and oxygen atoms in total. The summed E-state index contributed by atoms with van der Waals surface area (Å²) in [5, 5.41) is 3.55. The Morgan fingerprint density at radius 1 is 1.16 bits per heavy atom. The molecule has 0 saturated heterocycles. The van der Waals surface area contributed by atoms with Gasteiger partial charge < -0.3 is 5.32 Å². The fourth-order valence-corrected chi connectivity index (χ4v) is 2.23. The highest BCUT2D eigenvalue weighted by molar-refractivity contribution is 6.30. The van der Waals surface area contributed by atoms with Crippen molar-refractivity contribution in [2.75, 3.05) is 5.32 Å². The summed E-state index contributed by atoms with van der Waals surface area (Å²) in [6.45, 7) is 2.80.